The van der Waals surface area contributed by atoms with Gasteiger partial charge >= 0.3 is 7.12 Å². The van der Waals surface area contributed by atoms with E-state index in [1.165, 1.54) is 6.08 Å². The fourth-order valence-electron chi connectivity index (χ4n) is 2.50. The van der Waals surface area contributed by atoms with Gasteiger partial charge < -0.3 is 13.9 Å². The average molecular weight is 363 g/mol. The number of rotatable bonds is 4. The predicted octanol–water partition coefficient (Wildman–Crippen LogP) is 4.53. The van der Waals surface area contributed by atoms with E-state index in [1.807, 2.05) is 56.5 Å². The van der Waals surface area contributed by atoms with Crippen LogP contribution in [0.3, 0.4) is 0 Å². The van der Waals surface area contributed by atoms with Crippen LogP contribution in [0.2, 0.25) is 5.02 Å². The van der Waals surface area contributed by atoms with Crippen molar-refractivity contribution in [3.8, 4) is 0 Å². The normalized spacial score (nSPS) is 19.4. The van der Waals surface area contributed by atoms with E-state index in [2.05, 4.69) is 4.98 Å². The lowest BCUT2D eigenvalue weighted by atomic mass is 9.87. The summed E-state index contributed by atoms with van der Waals surface area (Å²) in [7, 11) is -1.01. The van der Waals surface area contributed by atoms with Crippen molar-refractivity contribution in [3.63, 3.8) is 0 Å². The van der Waals surface area contributed by atoms with E-state index < -0.39 is 24.0 Å². The van der Waals surface area contributed by atoms with E-state index in [1.54, 1.807) is 12.5 Å². The van der Waals surface area contributed by atoms with Crippen LogP contribution < -0.4 is 0 Å². The van der Waals surface area contributed by atoms with Gasteiger partial charge in [-0.15, -0.1) is 0 Å². The summed E-state index contributed by atoms with van der Waals surface area (Å²) >= 11 is 5.89. The molecule has 2 heterocycles. The summed E-state index contributed by atoms with van der Waals surface area (Å²) in [5.41, 5.74) is -0.0338. The Kier molecular flexibility index (Phi) is 4.79. The molecule has 1 aromatic carbocycles. The highest BCUT2D eigenvalue weighted by Crippen LogP contribution is 2.38. The minimum Gasteiger partial charge on any atom is -0.398 e. The first-order chi connectivity index (χ1) is 11.7. The molecule has 0 unspecified atom stereocenters. The molecule has 2 aromatic rings. The van der Waals surface area contributed by atoms with Crippen molar-refractivity contribution in [1.82, 2.24) is 9.55 Å². The maximum absolute atomic E-state index is 14.5. The maximum atomic E-state index is 14.5. The Morgan fingerprint density at radius 2 is 1.80 bits per heavy atom. The lowest BCUT2D eigenvalue weighted by molar-refractivity contribution is 0.00578. The van der Waals surface area contributed by atoms with Crippen molar-refractivity contribution in [3.05, 3.63) is 58.8 Å². The molecule has 132 valence electrons. The first-order valence-electron chi connectivity index (χ1n) is 8.15. The van der Waals surface area contributed by atoms with Crippen molar-refractivity contribution in [2.45, 2.75) is 45.4 Å². The Hall–Kier alpha value is -1.63. The number of imidazole rings is 1. The van der Waals surface area contributed by atoms with Gasteiger partial charge in [0.1, 0.15) is 5.73 Å². The van der Waals surface area contributed by atoms with Crippen LogP contribution in [0.25, 0.3) is 6.08 Å². The van der Waals surface area contributed by atoms with Crippen LogP contribution in [0.4, 0.5) is 4.39 Å². The quantitative estimate of drug-likeness (QED) is 0.750. The smallest absolute Gasteiger partial charge is 0.398 e. The molecule has 0 bridgehead atoms. The van der Waals surface area contributed by atoms with Gasteiger partial charge in [0.25, 0.3) is 0 Å². The second kappa shape index (κ2) is 6.59. The topological polar surface area (TPSA) is 36.3 Å². The van der Waals surface area contributed by atoms with Crippen LogP contribution in [0.15, 0.2) is 42.5 Å². The molecule has 0 atom stereocenters. The van der Waals surface area contributed by atoms with Crippen LogP contribution in [-0.4, -0.2) is 27.9 Å². The Bertz CT molecular complexity index is 771. The monoisotopic (exact) mass is 362 g/mol. The van der Waals surface area contributed by atoms with E-state index >= 15 is 0 Å². The molecule has 1 aromatic heterocycles. The lowest BCUT2D eigenvalue weighted by Crippen LogP contribution is -2.41. The molecule has 3 rings (SSSR count). The van der Waals surface area contributed by atoms with Crippen LogP contribution in [0.1, 0.15) is 39.0 Å². The molecule has 7 heteroatoms. The highest BCUT2D eigenvalue weighted by atomic mass is 35.5. The highest BCUT2D eigenvalue weighted by Gasteiger charge is 2.53. The Morgan fingerprint density at radius 3 is 2.40 bits per heavy atom. The number of hydrogen-bond donors (Lipinski definition) is 0. The van der Waals surface area contributed by atoms with E-state index in [0.29, 0.717) is 17.3 Å². The summed E-state index contributed by atoms with van der Waals surface area (Å²) in [4.78, 5) is 4.22. The second-order valence-corrected chi connectivity index (χ2v) is 7.65. The number of aromatic nitrogens is 2. The molecular weight excluding hydrogens is 341 g/mol. The molecule has 1 aliphatic heterocycles. The Labute approximate surface area is 152 Å². The Balaban J connectivity index is 1.70. The molecule has 4 nitrogen and oxygen atoms in total. The van der Waals surface area contributed by atoms with Gasteiger partial charge in [-0.2, -0.15) is 0 Å². The van der Waals surface area contributed by atoms with E-state index in [9.17, 15) is 4.39 Å². The van der Waals surface area contributed by atoms with Crippen molar-refractivity contribution < 1.29 is 13.7 Å². The summed E-state index contributed by atoms with van der Waals surface area (Å²) in [5.74, 6) is 0. The van der Waals surface area contributed by atoms with E-state index in [0.717, 1.165) is 5.56 Å². The predicted molar refractivity (Wildman–Crippen MR) is 97.9 cm³/mol. The molecule has 0 aliphatic carbocycles. The number of halogens is 2. The third kappa shape index (κ3) is 3.97. The third-order valence-electron chi connectivity index (χ3n) is 4.70. The molecule has 0 N–H and O–H groups in total. The number of hydrogen-bond acceptors (Lipinski definition) is 3. The number of benzene rings is 1. The fraction of sp³-hybridized carbons (Fsp3) is 0.389. The molecule has 0 spiro atoms. The summed E-state index contributed by atoms with van der Waals surface area (Å²) in [5, 5.41) is 0.697. The Morgan fingerprint density at radius 1 is 1.20 bits per heavy atom. The summed E-state index contributed by atoms with van der Waals surface area (Å²) in [6.45, 7) is 8.20. The third-order valence-corrected chi connectivity index (χ3v) is 4.95. The second-order valence-electron chi connectivity index (χ2n) is 7.21. The zero-order valence-electron chi connectivity index (χ0n) is 14.8. The zero-order chi connectivity index (χ0) is 18.2. The minimum atomic E-state index is -1.01. The fourth-order valence-corrected chi connectivity index (χ4v) is 2.63. The summed E-state index contributed by atoms with van der Waals surface area (Å²) in [6.07, 6.45) is 4.79. The summed E-state index contributed by atoms with van der Waals surface area (Å²) in [6, 6.07) is 7.57. The molecule has 25 heavy (non-hydrogen) atoms. The van der Waals surface area contributed by atoms with Gasteiger partial charge in [-0.1, -0.05) is 23.7 Å². The van der Waals surface area contributed by atoms with Crippen molar-refractivity contribution in [2.24, 2.45) is 0 Å². The van der Waals surface area contributed by atoms with Gasteiger partial charge in [0.05, 0.1) is 23.2 Å². The van der Waals surface area contributed by atoms with E-state index in [4.69, 9.17) is 20.9 Å². The van der Waals surface area contributed by atoms with Crippen LogP contribution >= 0.6 is 11.6 Å². The van der Waals surface area contributed by atoms with Crippen molar-refractivity contribution >= 4 is 24.8 Å². The highest BCUT2D eigenvalue weighted by molar-refractivity contribution is 6.54. The maximum Gasteiger partial charge on any atom is 0.525 e. The van der Waals surface area contributed by atoms with Gasteiger partial charge in [-0.05, 0) is 51.5 Å². The largest absolute Gasteiger partial charge is 0.525 e. The van der Waals surface area contributed by atoms with E-state index in [-0.39, 0.29) is 0 Å². The van der Waals surface area contributed by atoms with Gasteiger partial charge in [-0.3, -0.25) is 0 Å². The van der Waals surface area contributed by atoms with Crippen LogP contribution in [0, 0.1) is 0 Å². The average Bonchev–Trinajstić information content (AvgIpc) is 3.03. The standard InChI is InChI=1S/C18H21BClFN2O2/c1-17(2)18(3,4)25-19(24-17)16(21)9-15-11-23(12-22-15)10-13-5-7-14(20)8-6-13/h5-9,11-12H,10H2,1-4H3. The van der Waals surface area contributed by atoms with Crippen LogP contribution in [-0.2, 0) is 15.9 Å². The van der Waals surface area contributed by atoms with Gasteiger partial charge in [0.2, 0.25) is 0 Å². The zero-order valence-corrected chi connectivity index (χ0v) is 15.5. The molecule has 0 amide bonds. The molecular formula is C18H21BClFN2O2. The first kappa shape index (κ1) is 18.2. The lowest BCUT2D eigenvalue weighted by Gasteiger charge is -2.32. The minimum absolute atomic E-state index is 0.490. The van der Waals surface area contributed by atoms with Crippen molar-refractivity contribution in [2.75, 3.05) is 0 Å². The van der Waals surface area contributed by atoms with Gasteiger partial charge in [0.15, 0.2) is 0 Å². The van der Waals surface area contributed by atoms with Gasteiger partial charge in [-0.25, -0.2) is 9.37 Å². The SMILES string of the molecule is CC1(C)OB(C(F)=Cc2cn(Cc3ccc(Cl)cc3)cn2)OC1(C)C. The molecule has 1 aliphatic rings. The first-order valence-corrected chi connectivity index (χ1v) is 8.53. The van der Waals surface area contributed by atoms with Crippen LogP contribution in [0.5, 0.6) is 0 Å². The molecule has 0 saturated carbocycles. The molecule has 1 saturated heterocycles. The number of nitrogens with zero attached hydrogens (tertiary/aromatic N) is 2. The van der Waals surface area contributed by atoms with Crippen molar-refractivity contribution in [1.29, 1.82) is 0 Å². The molecule has 1 fully saturated rings. The molecule has 0 radical (unpaired) electrons. The summed E-state index contributed by atoms with van der Waals surface area (Å²) < 4.78 is 27.8. The van der Waals surface area contributed by atoms with Gasteiger partial charge in [0, 0.05) is 17.8 Å².